The van der Waals surface area contributed by atoms with Crippen LogP contribution < -0.4 is 0 Å². The van der Waals surface area contributed by atoms with Gasteiger partial charge in [0.05, 0.1) is 35.8 Å². The van der Waals surface area contributed by atoms with Gasteiger partial charge in [0, 0.05) is 0 Å². The number of benzene rings is 1. The predicted molar refractivity (Wildman–Crippen MR) is 67.4 cm³/mol. The lowest BCUT2D eigenvalue weighted by atomic mass is 10.1. The van der Waals surface area contributed by atoms with Gasteiger partial charge in [-0.05, 0) is 12.1 Å². The van der Waals surface area contributed by atoms with Gasteiger partial charge in [0.2, 0.25) is 0 Å². The zero-order valence-corrected chi connectivity index (χ0v) is 10.3. The van der Waals surface area contributed by atoms with Crippen LogP contribution in [-0.4, -0.2) is 26.7 Å². The average Bonchev–Trinajstić information content (AvgIpc) is 2.73. The summed E-state index contributed by atoms with van der Waals surface area (Å²) >= 11 is 0. The average molecular weight is 264 g/mol. The molecule has 0 atom stereocenters. The normalized spacial score (nSPS) is 13.2. The highest BCUT2D eigenvalue weighted by Gasteiger charge is 2.35. The van der Waals surface area contributed by atoms with E-state index < -0.39 is 0 Å². The molecule has 0 fully saturated rings. The first-order valence-electron chi connectivity index (χ1n) is 5.87. The Labute approximate surface area is 114 Å². The minimum Gasteiger partial charge on any atom is -0.269 e. The van der Waals surface area contributed by atoms with E-state index >= 15 is 0 Å². The van der Waals surface area contributed by atoms with Crippen LogP contribution in [-0.2, 0) is 6.54 Å². The van der Waals surface area contributed by atoms with Crippen molar-refractivity contribution < 1.29 is 9.59 Å². The van der Waals surface area contributed by atoms with Crippen LogP contribution in [0.1, 0.15) is 32.1 Å². The van der Waals surface area contributed by atoms with Gasteiger partial charge in [-0.25, -0.2) is 4.98 Å². The van der Waals surface area contributed by atoms with E-state index in [0.717, 1.165) is 4.90 Å². The number of hydrogen-bond donors (Lipinski definition) is 0. The quantitative estimate of drug-likeness (QED) is 0.759. The monoisotopic (exact) mass is 264 g/mol. The smallest absolute Gasteiger partial charge is 0.261 e. The topological polar surface area (TPSA) is 87.0 Å². The molecule has 1 aliphatic heterocycles. The Bertz CT molecular complexity index is 729. The van der Waals surface area contributed by atoms with Crippen LogP contribution >= 0.6 is 0 Å². The molecule has 0 unspecified atom stereocenters. The minimum atomic E-state index is -0.352. The summed E-state index contributed by atoms with van der Waals surface area (Å²) in [5.74, 6) is -0.704. The molecule has 0 N–H and O–H groups in total. The van der Waals surface area contributed by atoms with Gasteiger partial charge in [-0.3, -0.25) is 19.5 Å². The van der Waals surface area contributed by atoms with Crippen molar-refractivity contribution in [1.29, 1.82) is 5.26 Å². The van der Waals surface area contributed by atoms with Gasteiger partial charge >= 0.3 is 0 Å². The fourth-order valence-electron chi connectivity index (χ4n) is 2.08. The molecule has 0 radical (unpaired) electrons. The molecule has 3 rings (SSSR count). The van der Waals surface area contributed by atoms with Crippen LogP contribution in [0.25, 0.3) is 0 Å². The molecule has 20 heavy (non-hydrogen) atoms. The van der Waals surface area contributed by atoms with Crippen molar-refractivity contribution in [3.8, 4) is 6.07 Å². The minimum absolute atomic E-state index is 0.00880. The van der Waals surface area contributed by atoms with Crippen molar-refractivity contribution in [1.82, 2.24) is 14.9 Å². The lowest BCUT2D eigenvalue weighted by Crippen LogP contribution is -2.29. The van der Waals surface area contributed by atoms with E-state index in [0.29, 0.717) is 16.8 Å². The third-order valence-electron chi connectivity index (χ3n) is 3.00. The Kier molecular flexibility index (Phi) is 2.73. The van der Waals surface area contributed by atoms with Gasteiger partial charge in [-0.15, -0.1) is 0 Å². The number of nitriles is 1. The van der Waals surface area contributed by atoms with Crippen molar-refractivity contribution in [2.45, 2.75) is 6.54 Å². The van der Waals surface area contributed by atoms with Crippen LogP contribution in [0.15, 0.2) is 36.7 Å². The number of amides is 2. The van der Waals surface area contributed by atoms with E-state index in [9.17, 15) is 9.59 Å². The second-order valence-corrected chi connectivity index (χ2v) is 4.25. The zero-order valence-electron chi connectivity index (χ0n) is 10.3. The lowest BCUT2D eigenvalue weighted by Gasteiger charge is -2.12. The summed E-state index contributed by atoms with van der Waals surface area (Å²) in [6.45, 7) is 0.00880. The second kappa shape index (κ2) is 4.55. The van der Waals surface area contributed by atoms with Gasteiger partial charge in [0.15, 0.2) is 5.69 Å². The van der Waals surface area contributed by atoms with Crippen molar-refractivity contribution >= 4 is 11.8 Å². The van der Waals surface area contributed by atoms with E-state index in [1.807, 2.05) is 6.07 Å². The van der Waals surface area contributed by atoms with Crippen molar-refractivity contribution in [2.75, 3.05) is 0 Å². The molecular formula is C14H8N4O2. The SMILES string of the molecule is N#Cc1cncc(CN2C(=O)c3ccccc3C2=O)n1. The molecule has 1 aromatic carbocycles. The summed E-state index contributed by atoms with van der Waals surface area (Å²) in [6.07, 6.45) is 2.76. The maximum Gasteiger partial charge on any atom is 0.261 e. The molecule has 0 saturated carbocycles. The molecular weight excluding hydrogens is 256 g/mol. The van der Waals surface area contributed by atoms with Crippen LogP contribution in [0.2, 0.25) is 0 Å². The Morgan fingerprint density at radius 2 is 1.75 bits per heavy atom. The lowest BCUT2D eigenvalue weighted by molar-refractivity contribution is 0.0640. The summed E-state index contributed by atoms with van der Waals surface area (Å²) in [5.41, 5.74) is 1.33. The molecule has 1 aromatic heterocycles. The molecule has 2 aromatic rings. The first-order chi connectivity index (χ1) is 9.70. The van der Waals surface area contributed by atoms with Gasteiger partial charge in [0.1, 0.15) is 6.07 Å². The zero-order chi connectivity index (χ0) is 14.1. The van der Waals surface area contributed by atoms with Gasteiger partial charge < -0.3 is 0 Å². The molecule has 6 heteroatoms. The van der Waals surface area contributed by atoms with E-state index in [1.54, 1.807) is 24.3 Å². The molecule has 96 valence electrons. The van der Waals surface area contributed by atoms with Crippen LogP contribution in [0.4, 0.5) is 0 Å². The summed E-state index contributed by atoms with van der Waals surface area (Å²) in [5, 5.41) is 8.77. The van der Waals surface area contributed by atoms with Gasteiger partial charge in [-0.1, -0.05) is 12.1 Å². The first-order valence-corrected chi connectivity index (χ1v) is 5.87. The van der Waals surface area contributed by atoms with E-state index in [4.69, 9.17) is 5.26 Å². The number of hydrogen-bond acceptors (Lipinski definition) is 5. The molecule has 0 spiro atoms. The van der Waals surface area contributed by atoms with Gasteiger partial charge in [-0.2, -0.15) is 5.26 Å². The van der Waals surface area contributed by atoms with Gasteiger partial charge in [0.25, 0.3) is 11.8 Å². The number of rotatable bonds is 2. The molecule has 6 nitrogen and oxygen atoms in total. The summed E-state index contributed by atoms with van der Waals surface area (Å²) in [6, 6.07) is 8.53. The van der Waals surface area contributed by atoms with Crippen molar-refractivity contribution in [3.63, 3.8) is 0 Å². The van der Waals surface area contributed by atoms with E-state index in [-0.39, 0.29) is 24.1 Å². The number of fused-ring (bicyclic) bond motifs is 1. The van der Waals surface area contributed by atoms with E-state index in [1.165, 1.54) is 12.4 Å². The number of aromatic nitrogens is 2. The predicted octanol–water partition coefficient (Wildman–Crippen LogP) is 1.14. The number of carbonyl (C=O) groups excluding carboxylic acids is 2. The summed E-state index contributed by atoms with van der Waals surface area (Å²) < 4.78 is 0. The maximum absolute atomic E-state index is 12.2. The Hall–Kier alpha value is -3.07. The summed E-state index contributed by atoms with van der Waals surface area (Å²) in [4.78, 5) is 33.3. The highest BCUT2D eigenvalue weighted by Crippen LogP contribution is 2.23. The molecule has 2 amide bonds. The maximum atomic E-state index is 12.2. The molecule has 0 bridgehead atoms. The number of carbonyl (C=O) groups is 2. The Balaban J connectivity index is 1.92. The molecule has 0 aliphatic carbocycles. The largest absolute Gasteiger partial charge is 0.269 e. The van der Waals surface area contributed by atoms with Crippen molar-refractivity contribution in [2.24, 2.45) is 0 Å². The van der Waals surface area contributed by atoms with Crippen LogP contribution in [0.3, 0.4) is 0 Å². The second-order valence-electron chi connectivity index (χ2n) is 4.25. The van der Waals surface area contributed by atoms with E-state index in [2.05, 4.69) is 9.97 Å². The first kappa shape index (κ1) is 12.0. The van der Waals surface area contributed by atoms with Crippen molar-refractivity contribution in [3.05, 3.63) is 59.2 Å². The summed E-state index contributed by atoms with van der Waals surface area (Å²) in [7, 11) is 0. The standard InChI is InChI=1S/C14H8N4O2/c15-5-9-6-16-7-10(17-9)8-18-13(19)11-3-1-2-4-12(11)14(18)20/h1-4,6-7H,8H2. The van der Waals surface area contributed by atoms with Crippen LogP contribution in [0.5, 0.6) is 0 Å². The number of imide groups is 1. The Morgan fingerprint density at radius 1 is 1.10 bits per heavy atom. The third-order valence-corrected chi connectivity index (χ3v) is 3.00. The molecule has 2 heterocycles. The molecule has 0 saturated heterocycles. The van der Waals surface area contributed by atoms with Crippen LogP contribution in [0, 0.1) is 11.3 Å². The highest BCUT2D eigenvalue weighted by atomic mass is 16.2. The number of nitrogens with zero attached hydrogens (tertiary/aromatic N) is 4. The molecule has 1 aliphatic rings. The fourth-order valence-corrected chi connectivity index (χ4v) is 2.08. The highest BCUT2D eigenvalue weighted by molar-refractivity contribution is 6.21. The Morgan fingerprint density at radius 3 is 2.35 bits per heavy atom. The fraction of sp³-hybridized carbons (Fsp3) is 0.0714. The third kappa shape index (κ3) is 1.82.